The van der Waals surface area contributed by atoms with Crippen molar-refractivity contribution >= 4 is 23.5 Å². The summed E-state index contributed by atoms with van der Waals surface area (Å²) < 4.78 is 5.30. The van der Waals surface area contributed by atoms with Gasteiger partial charge in [0, 0.05) is 11.2 Å². The molecule has 0 unspecified atom stereocenters. The number of halogens is 1. The highest BCUT2D eigenvalue weighted by Gasteiger charge is 2.00. The summed E-state index contributed by atoms with van der Waals surface area (Å²) in [6, 6.07) is 13.5. The smallest absolute Gasteiger partial charge is 0.144 e. The first-order valence-corrected chi connectivity index (χ1v) is 6.01. The van der Waals surface area contributed by atoms with Crippen LogP contribution < -0.4 is 4.74 Å². The van der Waals surface area contributed by atoms with E-state index in [4.69, 9.17) is 16.3 Å². The molecular formula is C15H14ClNO. The van der Waals surface area contributed by atoms with Crippen molar-refractivity contribution in [1.29, 1.82) is 0 Å². The Bertz CT molecular complexity index is 561. The summed E-state index contributed by atoms with van der Waals surface area (Å²) in [6.07, 6.45) is 1.80. The van der Waals surface area contributed by atoms with E-state index in [9.17, 15) is 0 Å². The lowest BCUT2D eigenvalue weighted by atomic mass is 10.2. The SMILES string of the molecule is COc1cc(C)ccc1/N=C/c1ccc(Cl)cc1. The zero-order valence-corrected chi connectivity index (χ0v) is 11.1. The van der Waals surface area contributed by atoms with Crippen LogP contribution in [-0.4, -0.2) is 13.3 Å². The highest BCUT2D eigenvalue weighted by molar-refractivity contribution is 6.30. The van der Waals surface area contributed by atoms with Gasteiger partial charge in [-0.05, 0) is 42.3 Å². The molecule has 0 aliphatic rings. The predicted molar refractivity (Wildman–Crippen MR) is 76.4 cm³/mol. The number of aryl methyl sites for hydroxylation is 1. The van der Waals surface area contributed by atoms with Crippen molar-refractivity contribution in [3.63, 3.8) is 0 Å². The Labute approximate surface area is 112 Å². The zero-order chi connectivity index (χ0) is 13.0. The van der Waals surface area contributed by atoms with Crippen molar-refractivity contribution in [2.45, 2.75) is 6.92 Å². The minimum absolute atomic E-state index is 0.722. The van der Waals surface area contributed by atoms with Gasteiger partial charge in [-0.3, -0.25) is 4.99 Å². The van der Waals surface area contributed by atoms with Crippen LogP contribution in [-0.2, 0) is 0 Å². The first-order chi connectivity index (χ1) is 8.69. The molecule has 3 heteroatoms. The lowest BCUT2D eigenvalue weighted by molar-refractivity contribution is 0.416. The molecular weight excluding hydrogens is 246 g/mol. The van der Waals surface area contributed by atoms with Gasteiger partial charge in [-0.2, -0.15) is 0 Å². The predicted octanol–water partition coefficient (Wildman–Crippen LogP) is 4.41. The maximum atomic E-state index is 5.83. The van der Waals surface area contributed by atoms with Crippen molar-refractivity contribution in [2.24, 2.45) is 4.99 Å². The minimum atomic E-state index is 0.722. The van der Waals surface area contributed by atoms with Gasteiger partial charge in [0.05, 0.1) is 7.11 Å². The summed E-state index contributed by atoms with van der Waals surface area (Å²) in [7, 11) is 1.65. The summed E-state index contributed by atoms with van der Waals surface area (Å²) in [6.45, 7) is 2.02. The van der Waals surface area contributed by atoms with E-state index in [-0.39, 0.29) is 0 Å². The average molecular weight is 260 g/mol. The lowest BCUT2D eigenvalue weighted by Crippen LogP contribution is -1.85. The van der Waals surface area contributed by atoms with Gasteiger partial charge in [0.2, 0.25) is 0 Å². The van der Waals surface area contributed by atoms with Gasteiger partial charge in [0.25, 0.3) is 0 Å². The number of ether oxygens (including phenoxy) is 1. The summed E-state index contributed by atoms with van der Waals surface area (Å²) in [5.41, 5.74) is 2.97. The molecule has 0 bridgehead atoms. The quantitative estimate of drug-likeness (QED) is 0.749. The van der Waals surface area contributed by atoms with Gasteiger partial charge in [-0.1, -0.05) is 29.8 Å². The molecule has 0 amide bonds. The van der Waals surface area contributed by atoms with Crippen molar-refractivity contribution in [3.05, 3.63) is 58.6 Å². The topological polar surface area (TPSA) is 21.6 Å². The first-order valence-electron chi connectivity index (χ1n) is 5.63. The lowest BCUT2D eigenvalue weighted by Gasteiger charge is -2.04. The molecule has 0 fully saturated rings. The zero-order valence-electron chi connectivity index (χ0n) is 10.4. The molecule has 0 atom stereocenters. The number of aliphatic imine (C=N–C) groups is 1. The molecule has 2 rings (SSSR count). The summed E-state index contributed by atoms with van der Waals surface area (Å²) in [5, 5.41) is 0.722. The first kappa shape index (κ1) is 12.7. The second-order valence-electron chi connectivity index (χ2n) is 3.99. The van der Waals surface area contributed by atoms with E-state index in [1.165, 1.54) is 0 Å². The Kier molecular flexibility index (Phi) is 4.00. The van der Waals surface area contributed by atoms with Crippen LogP contribution in [0.3, 0.4) is 0 Å². The maximum absolute atomic E-state index is 5.83. The van der Waals surface area contributed by atoms with Crippen LogP contribution in [0.4, 0.5) is 5.69 Å². The molecule has 0 N–H and O–H groups in total. The van der Waals surface area contributed by atoms with Gasteiger partial charge in [0.15, 0.2) is 0 Å². The summed E-state index contributed by atoms with van der Waals surface area (Å²) in [5.74, 6) is 0.778. The molecule has 0 saturated carbocycles. The molecule has 0 aliphatic heterocycles. The second-order valence-corrected chi connectivity index (χ2v) is 4.42. The largest absolute Gasteiger partial charge is 0.494 e. The third-order valence-corrected chi connectivity index (χ3v) is 2.81. The monoisotopic (exact) mass is 259 g/mol. The molecule has 2 aromatic rings. The Balaban J connectivity index is 2.25. The Hall–Kier alpha value is -1.80. The van der Waals surface area contributed by atoms with Crippen LogP contribution in [0.2, 0.25) is 5.02 Å². The van der Waals surface area contributed by atoms with E-state index < -0.39 is 0 Å². The van der Waals surface area contributed by atoms with Crippen LogP contribution in [0.1, 0.15) is 11.1 Å². The van der Waals surface area contributed by atoms with Crippen molar-refractivity contribution < 1.29 is 4.74 Å². The normalized spacial score (nSPS) is 10.8. The van der Waals surface area contributed by atoms with Crippen LogP contribution in [0.15, 0.2) is 47.5 Å². The van der Waals surface area contributed by atoms with E-state index >= 15 is 0 Å². The molecule has 0 aliphatic carbocycles. The van der Waals surface area contributed by atoms with Crippen molar-refractivity contribution in [2.75, 3.05) is 7.11 Å². The molecule has 2 nitrogen and oxygen atoms in total. The summed E-state index contributed by atoms with van der Waals surface area (Å²) >= 11 is 5.83. The number of hydrogen-bond donors (Lipinski definition) is 0. The number of methoxy groups -OCH3 is 1. The second kappa shape index (κ2) is 5.69. The molecule has 0 radical (unpaired) electrons. The van der Waals surface area contributed by atoms with Crippen LogP contribution in [0.5, 0.6) is 5.75 Å². The number of nitrogens with zero attached hydrogens (tertiary/aromatic N) is 1. The van der Waals surface area contributed by atoms with Crippen molar-refractivity contribution in [3.8, 4) is 5.75 Å². The van der Waals surface area contributed by atoms with E-state index in [0.29, 0.717) is 0 Å². The molecule has 2 aromatic carbocycles. The minimum Gasteiger partial charge on any atom is -0.494 e. The van der Waals surface area contributed by atoms with E-state index in [1.54, 1.807) is 13.3 Å². The molecule has 92 valence electrons. The molecule has 0 spiro atoms. The Morgan fingerprint density at radius 1 is 1.11 bits per heavy atom. The van der Waals surface area contributed by atoms with Crippen LogP contribution >= 0.6 is 11.6 Å². The fourth-order valence-electron chi connectivity index (χ4n) is 1.58. The van der Waals surface area contributed by atoms with Gasteiger partial charge >= 0.3 is 0 Å². The highest BCUT2D eigenvalue weighted by Crippen LogP contribution is 2.28. The molecule has 0 saturated heterocycles. The van der Waals surface area contributed by atoms with Crippen LogP contribution in [0, 0.1) is 6.92 Å². The van der Waals surface area contributed by atoms with Crippen molar-refractivity contribution in [1.82, 2.24) is 0 Å². The van der Waals surface area contributed by atoms with Gasteiger partial charge in [-0.25, -0.2) is 0 Å². The van der Waals surface area contributed by atoms with Gasteiger partial charge in [-0.15, -0.1) is 0 Å². The average Bonchev–Trinajstić information content (AvgIpc) is 2.39. The molecule has 18 heavy (non-hydrogen) atoms. The maximum Gasteiger partial charge on any atom is 0.144 e. The highest BCUT2D eigenvalue weighted by atomic mass is 35.5. The number of rotatable bonds is 3. The number of benzene rings is 2. The molecule has 0 heterocycles. The van der Waals surface area contributed by atoms with E-state index in [1.807, 2.05) is 49.4 Å². The Morgan fingerprint density at radius 3 is 2.50 bits per heavy atom. The third-order valence-electron chi connectivity index (χ3n) is 2.56. The molecule has 0 aromatic heterocycles. The van der Waals surface area contributed by atoms with E-state index in [2.05, 4.69) is 4.99 Å². The fourth-order valence-corrected chi connectivity index (χ4v) is 1.71. The number of hydrogen-bond acceptors (Lipinski definition) is 2. The Morgan fingerprint density at radius 2 is 1.83 bits per heavy atom. The summed E-state index contributed by atoms with van der Waals surface area (Å²) in [4.78, 5) is 4.42. The van der Waals surface area contributed by atoms with Gasteiger partial charge < -0.3 is 4.74 Å². The van der Waals surface area contributed by atoms with Gasteiger partial charge in [0.1, 0.15) is 11.4 Å². The fraction of sp³-hybridized carbons (Fsp3) is 0.133. The third kappa shape index (κ3) is 3.11. The van der Waals surface area contributed by atoms with E-state index in [0.717, 1.165) is 27.6 Å². The standard InChI is InChI=1S/C15H14ClNO/c1-11-3-8-14(15(9-11)18-2)17-10-12-4-6-13(16)7-5-12/h3-10H,1-2H3/b17-10+. The van der Waals surface area contributed by atoms with Crippen LogP contribution in [0.25, 0.3) is 0 Å².